The van der Waals surface area contributed by atoms with E-state index < -0.39 is 17.5 Å². The van der Waals surface area contributed by atoms with Gasteiger partial charge in [-0.25, -0.2) is 23.6 Å². The molecule has 4 aromatic carbocycles. The molecule has 0 aliphatic rings. The average molecular weight is 579 g/mol. The lowest BCUT2D eigenvalue weighted by Gasteiger charge is -2.37. The lowest BCUT2D eigenvalue weighted by molar-refractivity contribution is -2.00. The second kappa shape index (κ2) is 12.6. The van der Waals surface area contributed by atoms with Crippen molar-refractivity contribution in [1.29, 1.82) is 0 Å². The monoisotopic (exact) mass is 578 g/mol. The summed E-state index contributed by atoms with van der Waals surface area (Å²) in [5, 5.41) is 7.27. The summed E-state index contributed by atoms with van der Waals surface area (Å²) in [6, 6.07) is 41.8. The van der Waals surface area contributed by atoms with E-state index in [-0.39, 0.29) is 5.91 Å². The Balaban J connectivity index is 0.000000648. The van der Waals surface area contributed by atoms with Crippen molar-refractivity contribution >= 4 is 45.0 Å². The summed E-state index contributed by atoms with van der Waals surface area (Å²) in [4.78, 5) is 18.2. The SMILES string of the molecule is CNC(=O)c1nc(-c2ccccc2)sc1[P](c1ccccc1)(c1ccccc1)c1ccccc1.[O-][Cl+3]([O-])([O-])[O-]. The molecule has 0 unspecified atom stereocenters. The van der Waals surface area contributed by atoms with Crippen LogP contribution in [0.15, 0.2) is 121 Å². The quantitative estimate of drug-likeness (QED) is 0.283. The largest absolute Gasteiger partial charge is 0.354 e. The van der Waals surface area contributed by atoms with E-state index in [9.17, 15) is 4.79 Å². The Labute approximate surface area is 233 Å². The van der Waals surface area contributed by atoms with Gasteiger partial charge in [-0.1, -0.05) is 121 Å². The number of carbonyl (C=O) groups is 1. The maximum atomic E-state index is 13.3. The zero-order valence-electron chi connectivity index (χ0n) is 20.8. The molecule has 1 heterocycles. The molecule has 5 aromatic rings. The fourth-order valence-corrected chi connectivity index (χ4v) is 10.8. The molecule has 199 valence electrons. The zero-order valence-corrected chi connectivity index (χ0v) is 23.2. The van der Waals surface area contributed by atoms with Crippen LogP contribution in [0.25, 0.3) is 10.6 Å². The van der Waals surface area contributed by atoms with Gasteiger partial charge < -0.3 is 5.32 Å². The van der Waals surface area contributed by atoms with Gasteiger partial charge in [0.1, 0.15) is 10.7 Å². The van der Waals surface area contributed by atoms with Gasteiger partial charge in [0.25, 0.3) is 5.91 Å². The number of benzene rings is 4. The smallest absolute Gasteiger partial charge is 0.271 e. The number of hydrogen-bond donors (Lipinski definition) is 1. The number of nitrogens with one attached hydrogen (secondary N) is 1. The Morgan fingerprint density at radius 1 is 0.692 bits per heavy atom. The van der Waals surface area contributed by atoms with Crippen LogP contribution in [0, 0.1) is 10.2 Å². The van der Waals surface area contributed by atoms with E-state index in [1.165, 1.54) is 15.9 Å². The van der Waals surface area contributed by atoms with Crippen molar-refractivity contribution < 1.29 is 33.7 Å². The third-order valence-electron chi connectivity index (χ3n) is 5.81. The maximum absolute atomic E-state index is 13.3. The Morgan fingerprint density at radius 3 is 1.41 bits per heavy atom. The molecule has 0 saturated heterocycles. The molecular formula is C29H24ClN2O5PS-. The molecule has 0 bridgehead atoms. The maximum Gasteiger partial charge on any atom is 0.271 e. The summed E-state index contributed by atoms with van der Waals surface area (Å²) >= 11 is 1.63. The van der Waals surface area contributed by atoms with Gasteiger partial charge >= 0.3 is 0 Å². The zero-order chi connectivity index (χ0) is 27.9. The highest BCUT2D eigenvalue weighted by Gasteiger charge is 2.41. The number of carbonyl (C=O) groups excluding carboxylic acids is 1. The Bertz CT molecular complexity index is 1400. The summed E-state index contributed by atoms with van der Waals surface area (Å²) in [5.74, 6) is -0.166. The topological polar surface area (TPSA) is 134 Å². The van der Waals surface area contributed by atoms with E-state index in [1.54, 1.807) is 18.4 Å². The predicted molar refractivity (Wildman–Crippen MR) is 146 cm³/mol. The molecule has 0 spiro atoms. The summed E-state index contributed by atoms with van der Waals surface area (Å²) in [6.07, 6.45) is 0. The van der Waals surface area contributed by atoms with E-state index in [0.29, 0.717) is 5.69 Å². The van der Waals surface area contributed by atoms with Crippen LogP contribution >= 0.6 is 18.6 Å². The van der Waals surface area contributed by atoms with Crippen LogP contribution in [0.5, 0.6) is 0 Å². The molecular weight excluding hydrogens is 555 g/mol. The van der Waals surface area contributed by atoms with Gasteiger partial charge in [-0.15, -0.1) is 21.6 Å². The fraction of sp³-hybridized carbons (Fsp3) is 0.0345. The second-order valence-corrected chi connectivity index (χ2v) is 13.6. The Kier molecular flexibility index (Phi) is 9.22. The van der Waals surface area contributed by atoms with Crippen molar-refractivity contribution in [2.24, 2.45) is 0 Å². The lowest BCUT2D eigenvalue weighted by atomic mass is 10.2. The van der Waals surface area contributed by atoms with Crippen LogP contribution in [0.1, 0.15) is 10.5 Å². The standard InChI is InChI=1S/C29H24N2OPS.ClHO4/c1-30-27(32)26-29(34-28(31-26)22-14-6-2-7-15-22)33(23-16-8-3-9-17-23,24-18-10-4-11-19-24)25-20-12-5-13-21-25;2-1(3,4)5/h2-21H,1H3,(H,30,32);(H,2,3,4,5)/p-1. The summed E-state index contributed by atoms with van der Waals surface area (Å²) < 4.78 is 35.0. The molecule has 1 radical (unpaired) electrons. The number of amides is 1. The molecule has 0 aliphatic carbocycles. The molecule has 0 aliphatic heterocycles. The van der Waals surface area contributed by atoms with E-state index in [4.69, 9.17) is 23.6 Å². The van der Waals surface area contributed by atoms with E-state index in [2.05, 4.69) is 78.1 Å². The Morgan fingerprint density at radius 2 is 1.05 bits per heavy atom. The molecule has 1 amide bonds. The minimum absolute atomic E-state index is 0.166. The molecule has 5 rings (SSSR count). The van der Waals surface area contributed by atoms with Gasteiger partial charge in [0.15, 0.2) is 0 Å². The molecule has 0 atom stereocenters. The predicted octanol–water partition coefficient (Wildman–Crippen LogP) is 0.0331. The van der Waals surface area contributed by atoms with Crippen LogP contribution in [-0.4, -0.2) is 17.9 Å². The molecule has 10 heteroatoms. The van der Waals surface area contributed by atoms with Crippen molar-refractivity contribution in [3.8, 4) is 10.6 Å². The summed E-state index contributed by atoms with van der Waals surface area (Å²) in [7, 11) is -5.69. The van der Waals surface area contributed by atoms with Crippen molar-refractivity contribution in [1.82, 2.24) is 10.3 Å². The van der Waals surface area contributed by atoms with Crippen molar-refractivity contribution in [2.45, 2.75) is 0 Å². The second-order valence-electron chi connectivity index (χ2n) is 8.17. The highest BCUT2D eigenvalue weighted by atomic mass is 35.7. The third-order valence-corrected chi connectivity index (χ3v) is 11.8. The average Bonchev–Trinajstić information content (AvgIpc) is 3.40. The molecule has 1 aromatic heterocycles. The third kappa shape index (κ3) is 6.58. The van der Waals surface area contributed by atoms with Crippen molar-refractivity contribution in [3.63, 3.8) is 0 Å². The number of halogens is 1. The highest BCUT2D eigenvalue weighted by Crippen LogP contribution is 2.56. The van der Waals surface area contributed by atoms with Gasteiger partial charge in [0.2, 0.25) is 0 Å². The van der Waals surface area contributed by atoms with Crippen LogP contribution in [0.4, 0.5) is 0 Å². The van der Waals surface area contributed by atoms with Crippen LogP contribution in [0.2, 0.25) is 0 Å². The summed E-state index contributed by atoms with van der Waals surface area (Å²) in [5.41, 5.74) is 1.51. The number of hydrogen-bond acceptors (Lipinski definition) is 7. The molecule has 7 nitrogen and oxygen atoms in total. The number of thiazole rings is 1. The Hall–Kier alpha value is -3.46. The fourth-order valence-electron chi connectivity index (χ4n) is 4.26. The van der Waals surface area contributed by atoms with Crippen LogP contribution in [-0.2, 0) is 0 Å². The minimum atomic E-state index is -4.94. The van der Waals surface area contributed by atoms with Crippen molar-refractivity contribution in [2.75, 3.05) is 7.05 Å². The van der Waals surface area contributed by atoms with Gasteiger partial charge in [0, 0.05) is 12.6 Å². The molecule has 39 heavy (non-hydrogen) atoms. The van der Waals surface area contributed by atoms with Crippen molar-refractivity contribution in [3.05, 3.63) is 127 Å². The number of nitrogens with zero attached hydrogens (tertiary/aromatic N) is 1. The first kappa shape index (κ1) is 28.5. The molecule has 0 saturated carbocycles. The van der Waals surface area contributed by atoms with Gasteiger partial charge in [-0.05, 0) is 23.2 Å². The molecule has 1 N–H and O–H groups in total. The van der Waals surface area contributed by atoms with E-state index in [0.717, 1.165) is 15.2 Å². The summed E-state index contributed by atoms with van der Waals surface area (Å²) in [6.45, 7) is 0. The highest BCUT2D eigenvalue weighted by molar-refractivity contribution is 8.04. The van der Waals surface area contributed by atoms with Gasteiger partial charge in [-0.2, -0.15) is 0 Å². The van der Waals surface area contributed by atoms with E-state index in [1.807, 2.05) is 48.5 Å². The van der Waals surface area contributed by atoms with Gasteiger partial charge in [0.05, 0.1) is 4.62 Å². The molecule has 0 fully saturated rings. The first-order valence-corrected chi connectivity index (χ1v) is 15.6. The van der Waals surface area contributed by atoms with Crippen LogP contribution in [0.3, 0.4) is 0 Å². The van der Waals surface area contributed by atoms with E-state index >= 15 is 0 Å². The first-order valence-electron chi connectivity index (χ1n) is 11.7. The number of rotatable bonds is 6. The lowest BCUT2D eigenvalue weighted by Crippen LogP contribution is -2.68. The normalized spacial score (nSPS) is 11.3. The van der Waals surface area contributed by atoms with Gasteiger partial charge in [-0.3, -0.25) is 4.79 Å². The number of aromatic nitrogens is 1. The van der Waals surface area contributed by atoms with Crippen LogP contribution < -0.4 is 44.5 Å². The first-order chi connectivity index (χ1) is 18.7. The minimum Gasteiger partial charge on any atom is -0.354 e.